The van der Waals surface area contributed by atoms with Gasteiger partial charge in [-0.1, -0.05) is 12.8 Å². The number of nitrogens with two attached hydrogens (primary N) is 1. The van der Waals surface area contributed by atoms with E-state index < -0.39 is 0 Å². The van der Waals surface area contributed by atoms with Crippen LogP contribution in [0.4, 0.5) is 0 Å². The second-order valence-corrected chi connectivity index (χ2v) is 4.94. The molecule has 1 saturated carbocycles. The van der Waals surface area contributed by atoms with Crippen LogP contribution in [0.25, 0.3) is 0 Å². The number of aromatic nitrogens is 2. The molecule has 1 aromatic rings. The van der Waals surface area contributed by atoms with E-state index in [0.717, 1.165) is 19.3 Å². The van der Waals surface area contributed by atoms with Crippen molar-refractivity contribution in [2.45, 2.75) is 25.7 Å². The maximum absolute atomic E-state index is 12.6. The van der Waals surface area contributed by atoms with Crippen LogP contribution in [0.2, 0.25) is 0 Å². The summed E-state index contributed by atoms with van der Waals surface area (Å²) in [6, 6.07) is 0. The van der Waals surface area contributed by atoms with Crippen LogP contribution in [0.1, 0.15) is 36.2 Å². The normalized spacial score (nSPS) is 23.9. The molecule has 0 radical (unpaired) electrons. The maximum atomic E-state index is 12.6. The van der Waals surface area contributed by atoms with Crippen molar-refractivity contribution < 1.29 is 9.53 Å². The molecule has 2 rings (SSSR count). The minimum atomic E-state index is 0.0213. The molecule has 5 heteroatoms. The van der Waals surface area contributed by atoms with Crippen LogP contribution >= 0.6 is 0 Å². The smallest absolute Gasteiger partial charge is 0.188 e. The van der Waals surface area contributed by atoms with Gasteiger partial charge in [0, 0.05) is 13.0 Å². The van der Waals surface area contributed by atoms with Crippen LogP contribution in [0.15, 0.2) is 6.20 Å². The largest absolute Gasteiger partial charge is 0.493 e. The van der Waals surface area contributed by atoms with Gasteiger partial charge in [-0.2, -0.15) is 5.10 Å². The third kappa shape index (κ3) is 2.27. The second-order valence-electron chi connectivity index (χ2n) is 4.94. The highest BCUT2D eigenvalue weighted by Crippen LogP contribution is 2.33. The van der Waals surface area contributed by atoms with Crippen LogP contribution in [0.5, 0.6) is 5.75 Å². The van der Waals surface area contributed by atoms with Crippen LogP contribution in [-0.2, 0) is 7.05 Å². The topological polar surface area (TPSA) is 70.1 Å². The number of ketones is 1. The van der Waals surface area contributed by atoms with E-state index in [0.29, 0.717) is 23.9 Å². The van der Waals surface area contributed by atoms with E-state index in [1.807, 2.05) is 0 Å². The lowest BCUT2D eigenvalue weighted by atomic mass is 9.76. The highest BCUT2D eigenvalue weighted by Gasteiger charge is 2.33. The van der Waals surface area contributed by atoms with E-state index in [-0.39, 0.29) is 11.7 Å². The lowest BCUT2D eigenvalue weighted by Crippen LogP contribution is -2.33. The molecule has 0 spiro atoms. The molecule has 1 aromatic heterocycles. The van der Waals surface area contributed by atoms with Crippen molar-refractivity contribution in [1.29, 1.82) is 0 Å². The summed E-state index contributed by atoms with van der Waals surface area (Å²) in [5, 5.41) is 4.09. The number of ether oxygens (including phenoxy) is 1. The van der Waals surface area contributed by atoms with E-state index >= 15 is 0 Å². The van der Waals surface area contributed by atoms with Gasteiger partial charge in [0.15, 0.2) is 11.5 Å². The lowest BCUT2D eigenvalue weighted by molar-refractivity contribution is 0.0816. The van der Waals surface area contributed by atoms with E-state index in [2.05, 4.69) is 5.10 Å². The van der Waals surface area contributed by atoms with Crippen molar-refractivity contribution in [1.82, 2.24) is 9.78 Å². The van der Waals surface area contributed by atoms with Gasteiger partial charge in [0.1, 0.15) is 5.69 Å². The van der Waals surface area contributed by atoms with Crippen LogP contribution in [-0.4, -0.2) is 29.2 Å². The zero-order valence-corrected chi connectivity index (χ0v) is 11.1. The number of Topliss-reactive ketones (excluding diaryl/α,β-unsaturated/α-hetero) is 1. The molecule has 18 heavy (non-hydrogen) atoms. The SMILES string of the molecule is COc1cnn(C)c1C(=O)C1CCCCC1CN. The Bertz CT molecular complexity index is 428. The predicted octanol–water partition coefficient (Wildman–Crippen LogP) is 1.38. The van der Waals surface area contributed by atoms with Gasteiger partial charge in [0.05, 0.1) is 13.3 Å². The summed E-state index contributed by atoms with van der Waals surface area (Å²) in [7, 11) is 3.34. The third-order valence-corrected chi connectivity index (χ3v) is 3.91. The van der Waals surface area contributed by atoms with E-state index in [1.54, 1.807) is 25.0 Å². The molecule has 100 valence electrons. The molecule has 1 fully saturated rings. The summed E-state index contributed by atoms with van der Waals surface area (Å²) in [6.45, 7) is 0.580. The molecule has 0 amide bonds. The molecular formula is C13H21N3O2. The number of hydrogen-bond donors (Lipinski definition) is 1. The fraction of sp³-hybridized carbons (Fsp3) is 0.692. The first-order chi connectivity index (χ1) is 8.69. The van der Waals surface area contributed by atoms with E-state index in [1.165, 1.54) is 6.42 Å². The first-order valence-electron chi connectivity index (χ1n) is 6.49. The quantitative estimate of drug-likeness (QED) is 0.821. The van der Waals surface area contributed by atoms with Gasteiger partial charge in [0.25, 0.3) is 0 Å². The fourth-order valence-corrected chi connectivity index (χ4v) is 2.86. The summed E-state index contributed by atoms with van der Waals surface area (Å²) in [5.74, 6) is 1.00. The predicted molar refractivity (Wildman–Crippen MR) is 68.6 cm³/mol. The number of rotatable bonds is 4. The zero-order chi connectivity index (χ0) is 13.1. The summed E-state index contributed by atoms with van der Waals surface area (Å²) in [5.41, 5.74) is 6.36. The minimum Gasteiger partial charge on any atom is -0.493 e. The summed E-state index contributed by atoms with van der Waals surface area (Å²) >= 11 is 0. The molecule has 2 unspecified atom stereocenters. The van der Waals surface area contributed by atoms with Gasteiger partial charge in [0.2, 0.25) is 0 Å². The molecule has 5 nitrogen and oxygen atoms in total. The molecule has 0 aromatic carbocycles. The Kier molecular flexibility index (Phi) is 4.01. The summed E-state index contributed by atoms with van der Waals surface area (Å²) in [4.78, 5) is 12.6. The number of carbonyl (C=O) groups is 1. The number of hydrogen-bond acceptors (Lipinski definition) is 4. The van der Waals surface area contributed by atoms with Gasteiger partial charge >= 0.3 is 0 Å². The van der Waals surface area contributed by atoms with Crippen molar-refractivity contribution in [3.63, 3.8) is 0 Å². The molecule has 2 atom stereocenters. The average Bonchev–Trinajstić information content (AvgIpc) is 2.79. The van der Waals surface area contributed by atoms with Crippen molar-refractivity contribution in [3.05, 3.63) is 11.9 Å². The maximum Gasteiger partial charge on any atom is 0.188 e. The van der Waals surface area contributed by atoms with Gasteiger partial charge in [-0.15, -0.1) is 0 Å². The molecule has 1 aliphatic carbocycles. The molecule has 0 aliphatic heterocycles. The van der Waals surface area contributed by atoms with E-state index in [9.17, 15) is 4.79 Å². The van der Waals surface area contributed by atoms with Gasteiger partial charge in [-0.3, -0.25) is 9.48 Å². The zero-order valence-electron chi connectivity index (χ0n) is 11.1. The highest BCUT2D eigenvalue weighted by atomic mass is 16.5. The summed E-state index contributed by atoms with van der Waals surface area (Å²) in [6.07, 6.45) is 5.84. The van der Waals surface area contributed by atoms with Crippen molar-refractivity contribution in [2.24, 2.45) is 24.6 Å². The molecule has 0 bridgehead atoms. The van der Waals surface area contributed by atoms with Crippen LogP contribution in [0.3, 0.4) is 0 Å². The van der Waals surface area contributed by atoms with Crippen molar-refractivity contribution in [2.75, 3.05) is 13.7 Å². The molecule has 0 saturated heterocycles. The first-order valence-corrected chi connectivity index (χ1v) is 6.49. The Hall–Kier alpha value is -1.36. The Labute approximate surface area is 107 Å². The molecule has 1 aliphatic rings. The minimum absolute atomic E-state index is 0.0213. The standard InChI is InChI=1S/C13H21N3O2/c1-16-12(11(18-2)8-15-16)13(17)10-6-4-3-5-9(10)7-14/h8-10H,3-7,14H2,1-2H3. The van der Waals surface area contributed by atoms with Crippen LogP contribution in [0, 0.1) is 11.8 Å². The lowest BCUT2D eigenvalue weighted by Gasteiger charge is -2.29. The van der Waals surface area contributed by atoms with Gasteiger partial charge in [-0.25, -0.2) is 0 Å². The summed E-state index contributed by atoms with van der Waals surface area (Å²) < 4.78 is 6.81. The number of aryl methyl sites for hydroxylation is 1. The highest BCUT2D eigenvalue weighted by molar-refractivity contribution is 5.99. The second kappa shape index (κ2) is 5.52. The van der Waals surface area contributed by atoms with Crippen LogP contribution < -0.4 is 10.5 Å². The van der Waals surface area contributed by atoms with Crippen molar-refractivity contribution in [3.8, 4) is 5.75 Å². The number of methoxy groups -OCH3 is 1. The molecule has 1 heterocycles. The number of carbonyl (C=O) groups excluding carboxylic acids is 1. The van der Waals surface area contributed by atoms with E-state index in [4.69, 9.17) is 10.5 Å². The van der Waals surface area contributed by atoms with Gasteiger partial charge in [-0.05, 0) is 25.3 Å². The fourth-order valence-electron chi connectivity index (χ4n) is 2.86. The Morgan fingerprint density at radius 3 is 2.94 bits per heavy atom. The van der Waals surface area contributed by atoms with Crippen molar-refractivity contribution >= 4 is 5.78 Å². The Morgan fingerprint density at radius 1 is 1.56 bits per heavy atom. The molecule has 2 N–H and O–H groups in total. The average molecular weight is 251 g/mol. The third-order valence-electron chi connectivity index (χ3n) is 3.91. The molecular weight excluding hydrogens is 230 g/mol. The number of nitrogens with zero attached hydrogens (tertiary/aromatic N) is 2. The van der Waals surface area contributed by atoms with Gasteiger partial charge < -0.3 is 10.5 Å². The Morgan fingerprint density at radius 2 is 2.28 bits per heavy atom. The first kappa shape index (κ1) is 13.1. The monoisotopic (exact) mass is 251 g/mol. The Balaban J connectivity index is 2.26.